The van der Waals surface area contributed by atoms with Crippen LogP contribution in [0.5, 0.6) is 0 Å². The van der Waals surface area contributed by atoms with E-state index in [-0.39, 0.29) is 17.2 Å². The second-order valence-corrected chi connectivity index (χ2v) is 7.57. The average molecular weight is 359 g/mol. The van der Waals surface area contributed by atoms with Crippen molar-refractivity contribution in [3.63, 3.8) is 0 Å². The van der Waals surface area contributed by atoms with Crippen LogP contribution in [0.4, 0.5) is 4.39 Å². The zero-order valence-corrected chi connectivity index (χ0v) is 15.2. The van der Waals surface area contributed by atoms with E-state index in [0.29, 0.717) is 62.0 Å². The van der Waals surface area contributed by atoms with E-state index in [1.807, 2.05) is 13.8 Å². The number of nitrogens with zero attached hydrogens (tertiary/aromatic N) is 1. The second kappa shape index (κ2) is 7.72. The van der Waals surface area contributed by atoms with Crippen molar-refractivity contribution in [2.24, 2.45) is 5.41 Å². The first kappa shape index (κ1) is 18.8. The van der Waals surface area contributed by atoms with Gasteiger partial charge in [-0.05, 0) is 36.9 Å². The van der Waals surface area contributed by atoms with Gasteiger partial charge < -0.3 is 9.31 Å². The van der Waals surface area contributed by atoms with Crippen LogP contribution in [-0.2, 0) is 9.31 Å². The SMILES string of the molecule is CC1(C)COB(/C(=C\F)CCCCN2C(=O)c3ccccc3C2=O)OC1. The summed E-state index contributed by atoms with van der Waals surface area (Å²) in [5.74, 6) is -0.513. The molecule has 2 heterocycles. The summed E-state index contributed by atoms with van der Waals surface area (Å²) >= 11 is 0. The lowest BCUT2D eigenvalue weighted by Crippen LogP contribution is -2.41. The van der Waals surface area contributed by atoms with Crippen LogP contribution < -0.4 is 0 Å². The van der Waals surface area contributed by atoms with E-state index in [1.165, 1.54) is 4.90 Å². The fourth-order valence-electron chi connectivity index (χ4n) is 3.17. The number of carbonyl (C=O) groups excluding carboxylic acids is 2. The summed E-state index contributed by atoms with van der Waals surface area (Å²) in [6.07, 6.45) is 2.24. The molecule has 5 nitrogen and oxygen atoms in total. The average Bonchev–Trinajstić information content (AvgIpc) is 2.87. The van der Waals surface area contributed by atoms with Crippen molar-refractivity contribution >= 4 is 18.9 Å². The summed E-state index contributed by atoms with van der Waals surface area (Å²) < 4.78 is 24.4. The quantitative estimate of drug-likeness (QED) is 0.444. The summed E-state index contributed by atoms with van der Waals surface area (Å²) in [6, 6.07) is 6.83. The molecular weight excluding hydrogens is 336 g/mol. The number of rotatable bonds is 6. The number of amides is 2. The van der Waals surface area contributed by atoms with Crippen molar-refractivity contribution in [3.8, 4) is 0 Å². The molecule has 1 aromatic rings. The molecule has 0 aromatic heterocycles. The highest BCUT2D eigenvalue weighted by Gasteiger charge is 2.36. The Morgan fingerprint density at radius 1 is 1.15 bits per heavy atom. The van der Waals surface area contributed by atoms with Crippen LogP contribution in [0.3, 0.4) is 0 Å². The predicted molar refractivity (Wildman–Crippen MR) is 96.3 cm³/mol. The Labute approximate surface area is 153 Å². The molecule has 1 fully saturated rings. The van der Waals surface area contributed by atoms with E-state index in [0.717, 1.165) is 0 Å². The van der Waals surface area contributed by atoms with Crippen molar-refractivity contribution in [2.45, 2.75) is 33.1 Å². The molecule has 0 spiro atoms. The molecule has 3 rings (SSSR count). The number of unbranched alkanes of at least 4 members (excludes halogenated alkanes) is 1. The lowest BCUT2D eigenvalue weighted by atomic mass is 9.73. The molecule has 0 unspecified atom stereocenters. The van der Waals surface area contributed by atoms with Crippen molar-refractivity contribution < 1.29 is 23.3 Å². The van der Waals surface area contributed by atoms with Gasteiger partial charge in [0.2, 0.25) is 0 Å². The lowest BCUT2D eigenvalue weighted by molar-refractivity contribution is 0.0316. The van der Waals surface area contributed by atoms with E-state index >= 15 is 0 Å². The van der Waals surface area contributed by atoms with E-state index in [4.69, 9.17) is 9.31 Å². The topological polar surface area (TPSA) is 55.8 Å². The fourth-order valence-corrected chi connectivity index (χ4v) is 3.17. The van der Waals surface area contributed by atoms with Gasteiger partial charge in [-0.3, -0.25) is 14.5 Å². The fraction of sp³-hybridized carbons (Fsp3) is 0.474. The zero-order chi connectivity index (χ0) is 18.7. The minimum atomic E-state index is -0.646. The van der Waals surface area contributed by atoms with Gasteiger partial charge in [0, 0.05) is 25.2 Å². The summed E-state index contributed by atoms with van der Waals surface area (Å²) in [4.78, 5) is 25.9. The Bertz CT molecular complexity index is 689. The van der Waals surface area contributed by atoms with Gasteiger partial charge in [0.25, 0.3) is 11.8 Å². The highest BCUT2D eigenvalue weighted by Crippen LogP contribution is 2.26. The van der Waals surface area contributed by atoms with Crippen molar-refractivity contribution in [2.75, 3.05) is 19.8 Å². The number of benzene rings is 1. The molecule has 2 aliphatic rings. The summed E-state index contributed by atoms with van der Waals surface area (Å²) in [5, 5.41) is 0. The van der Waals surface area contributed by atoms with Gasteiger partial charge in [0.05, 0.1) is 17.5 Å². The first-order valence-electron chi connectivity index (χ1n) is 8.90. The molecule has 0 saturated carbocycles. The summed E-state index contributed by atoms with van der Waals surface area (Å²) in [7, 11) is -0.646. The van der Waals surface area contributed by atoms with Crippen LogP contribution in [0.15, 0.2) is 36.1 Å². The number of fused-ring (bicyclic) bond motifs is 1. The first-order valence-corrected chi connectivity index (χ1v) is 8.90. The minimum absolute atomic E-state index is 0.0661. The number of allylic oxidation sites excluding steroid dienone is 1. The highest BCUT2D eigenvalue weighted by molar-refractivity contribution is 6.53. The third kappa shape index (κ3) is 3.89. The standard InChI is InChI=1S/C19H23BFNO4/c1-19(2)12-25-20(26-13-19)14(11-21)7-5-6-10-22-17(23)15-8-3-4-9-16(15)18(22)24/h3-4,8-9,11H,5-7,10,12-13H2,1-2H3/b14-11-. The molecule has 0 bridgehead atoms. The zero-order valence-electron chi connectivity index (χ0n) is 15.2. The Morgan fingerprint density at radius 3 is 2.27 bits per heavy atom. The van der Waals surface area contributed by atoms with E-state index in [2.05, 4.69) is 0 Å². The third-order valence-corrected chi connectivity index (χ3v) is 4.67. The van der Waals surface area contributed by atoms with Gasteiger partial charge >= 0.3 is 7.12 Å². The molecule has 0 atom stereocenters. The Kier molecular flexibility index (Phi) is 5.58. The van der Waals surface area contributed by atoms with Crippen LogP contribution in [0, 0.1) is 5.41 Å². The van der Waals surface area contributed by atoms with Crippen molar-refractivity contribution in [3.05, 3.63) is 47.2 Å². The van der Waals surface area contributed by atoms with E-state index < -0.39 is 7.12 Å². The molecule has 2 aliphatic heterocycles. The number of hydrogen-bond acceptors (Lipinski definition) is 4. The van der Waals surface area contributed by atoms with Crippen LogP contribution >= 0.6 is 0 Å². The number of hydrogen-bond donors (Lipinski definition) is 0. The molecule has 7 heteroatoms. The molecule has 0 aliphatic carbocycles. The van der Waals surface area contributed by atoms with Gasteiger partial charge in [0.1, 0.15) is 0 Å². The molecule has 1 saturated heterocycles. The second-order valence-electron chi connectivity index (χ2n) is 7.57. The minimum Gasteiger partial charge on any atom is -0.407 e. The molecule has 1 aromatic carbocycles. The van der Waals surface area contributed by atoms with Gasteiger partial charge in [-0.1, -0.05) is 26.0 Å². The number of imide groups is 1. The lowest BCUT2D eigenvalue weighted by Gasteiger charge is -2.33. The molecule has 0 N–H and O–H groups in total. The normalized spacial score (nSPS) is 19.9. The molecule has 138 valence electrons. The molecule has 0 radical (unpaired) electrons. The molecule has 2 amide bonds. The van der Waals surface area contributed by atoms with Gasteiger partial charge in [-0.15, -0.1) is 0 Å². The number of carbonyl (C=O) groups is 2. The maximum absolute atomic E-state index is 13.2. The van der Waals surface area contributed by atoms with Gasteiger partial charge in [-0.2, -0.15) is 0 Å². The number of halogens is 1. The predicted octanol–water partition coefficient (Wildman–Crippen LogP) is 3.41. The van der Waals surface area contributed by atoms with Crippen molar-refractivity contribution in [1.29, 1.82) is 0 Å². The highest BCUT2D eigenvalue weighted by atomic mass is 19.1. The van der Waals surface area contributed by atoms with Crippen LogP contribution in [-0.4, -0.2) is 43.6 Å². The molecule has 26 heavy (non-hydrogen) atoms. The van der Waals surface area contributed by atoms with E-state index in [9.17, 15) is 14.0 Å². The maximum Gasteiger partial charge on any atom is 0.491 e. The smallest absolute Gasteiger partial charge is 0.407 e. The Hall–Kier alpha value is -1.99. The Balaban J connectivity index is 1.47. The van der Waals surface area contributed by atoms with E-state index in [1.54, 1.807) is 24.3 Å². The van der Waals surface area contributed by atoms with Crippen LogP contribution in [0.25, 0.3) is 0 Å². The maximum atomic E-state index is 13.2. The monoisotopic (exact) mass is 359 g/mol. The van der Waals surface area contributed by atoms with Gasteiger partial charge in [0.15, 0.2) is 0 Å². The molecular formula is C19H23BFNO4. The largest absolute Gasteiger partial charge is 0.491 e. The third-order valence-electron chi connectivity index (χ3n) is 4.67. The van der Waals surface area contributed by atoms with Crippen LogP contribution in [0.2, 0.25) is 0 Å². The van der Waals surface area contributed by atoms with Crippen LogP contribution in [0.1, 0.15) is 53.8 Å². The summed E-state index contributed by atoms with van der Waals surface area (Å²) in [5.41, 5.74) is 1.30. The Morgan fingerprint density at radius 2 is 1.73 bits per heavy atom. The van der Waals surface area contributed by atoms with Crippen molar-refractivity contribution in [1.82, 2.24) is 4.90 Å². The van der Waals surface area contributed by atoms with Gasteiger partial charge in [-0.25, -0.2) is 4.39 Å². The first-order chi connectivity index (χ1) is 12.4. The summed E-state index contributed by atoms with van der Waals surface area (Å²) in [6.45, 7) is 5.42.